The van der Waals surface area contributed by atoms with Crippen LogP contribution in [-0.4, -0.2) is 10.1 Å². The van der Waals surface area contributed by atoms with E-state index in [0.29, 0.717) is 10.2 Å². The Morgan fingerprint density at radius 2 is 2.00 bits per heavy atom. The highest BCUT2D eigenvalue weighted by Gasteiger charge is 2.17. The van der Waals surface area contributed by atoms with Crippen molar-refractivity contribution in [1.82, 2.24) is 4.98 Å². The molecule has 0 bridgehead atoms. The van der Waals surface area contributed by atoms with Crippen molar-refractivity contribution in [3.05, 3.63) is 62.5 Å². The molecule has 1 aromatic carbocycles. The Hall–Kier alpha value is -0.780. The normalized spacial score (nSPS) is 12.4. The maximum absolute atomic E-state index is 13.6. The summed E-state index contributed by atoms with van der Waals surface area (Å²) in [5.41, 5.74) is 0.975. The molecule has 0 aliphatic carbocycles. The molecular formula is C13H10Br2FNO. The second-order valence-electron chi connectivity index (χ2n) is 3.82. The highest BCUT2D eigenvalue weighted by atomic mass is 79.9. The number of rotatable bonds is 3. The number of halogens is 3. The van der Waals surface area contributed by atoms with Crippen molar-refractivity contribution in [2.75, 3.05) is 0 Å². The lowest BCUT2D eigenvalue weighted by Gasteiger charge is -2.13. The summed E-state index contributed by atoms with van der Waals surface area (Å²) >= 11 is 6.53. The molecule has 0 saturated heterocycles. The van der Waals surface area contributed by atoms with Crippen LogP contribution in [-0.2, 0) is 6.42 Å². The molecule has 1 atom stereocenters. The zero-order chi connectivity index (χ0) is 13.1. The molecule has 1 heterocycles. The molecule has 0 amide bonds. The maximum atomic E-state index is 13.6. The summed E-state index contributed by atoms with van der Waals surface area (Å²) in [6.07, 6.45) is 1.000. The average Bonchev–Trinajstić information content (AvgIpc) is 2.32. The summed E-state index contributed by atoms with van der Waals surface area (Å²) in [5.74, 6) is -0.422. The van der Waals surface area contributed by atoms with Gasteiger partial charge in [-0.05, 0) is 40.2 Å². The smallest absolute Gasteiger partial charge is 0.130 e. The van der Waals surface area contributed by atoms with E-state index < -0.39 is 11.9 Å². The first-order chi connectivity index (χ1) is 8.58. The van der Waals surface area contributed by atoms with Gasteiger partial charge in [-0.2, -0.15) is 0 Å². The van der Waals surface area contributed by atoms with Crippen LogP contribution in [0.25, 0.3) is 0 Å². The van der Waals surface area contributed by atoms with Crippen molar-refractivity contribution >= 4 is 31.9 Å². The fourth-order valence-corrected chi connectivity index (χ4v) is 2.50. The fourth-order valence-electron chi connectivity index (χ4n) is 1.66. The van der Waals surface area contributed by atoms with E-state index in [9.17, 15) is 9.50 Å². The van der Waals surface area contributed by atoms with E-state index in [1.807, 2.05) is 6.07 Å². The Bertz CT molecular complexity index is 525. The van der Waals surface area contributed by atoms with Gasteiger partial charge in [0.25, 0.3) is 0 Å². The van der Waals surface area contributed by atoms with Gasteiger partial charge in [0.05, 0.1) is 6.10 Å². The summed E-state index contributed by atoms with van der Waals surface area (Å²) in [7, 11) is 0. The van der Waals surface area contributed by atoms with Crippen LogP contribution >= 0.6 is 31.9 Å². The highest BCUT2D eigenvalue weighted by Crippen LogP contribution is 2.28. The lowest BCUT2D eigenvalue weighted by atomic mass is 10.0. The van der Waals surface area contributed by atoms with E-state index in [0.717, 1.165) is 4.47 Å². The van der Waals surface area contributed by atoms with Gasteiger partial charge in [0.2, 0.25) is 0 Å². The maximum Gasteiger partial charge on any atom is 0.130 e. The van der Waals surface area contributed by atoms with E-state index >= 15 is 0 Å². The molecule has 0 aliphatic rings. The largest absolute Gasteiger partial charge is 0.388 e. The van der Waals surface area contributed by atoms with Crippen LogP contribution in [0, 0.1) is 5.82 Å². The number of nitrogens with zero attached hydrogens (tertiary/aromatic N) is 1. The van der Waals surface area contributed by atoms with Gasteiger partial charge in [0.1, 0.15) is 5.82 Å². The first kappa shape index (κ1) is 13.6. The third-order valence-electron chi connectivity index (χ3n) is 2.52. The number of hydrogen-bond donors (Lipinski definition) is 1. The van der Waals surface area contributed by atoms with Crippen molar-refractivity contribution in [2.45, 2.75) is 12.5 Å². The van der Waals surface area contributed by atoms with E-state index in [-0.39, 0.29) is 12.0 Å². The molecular weight excluding hydrogens is 365 g/mol. The Morgan fingerprint density at radius 3 is 2.61 bits per heavy atom. The summed E-state index contributed by atoms with van der Waals surface area (Å²) in [5, 5.41) is 10.1. The lowest BCUT2D eigenvalue weighted by molar-refractivity contribution is 0.171. The Balaban J connectivity index is 2.22. The van der Waals surface area contributed by atoms with Gasteiger partial charge in [-0.3, -0.25) is 4.98 Å². The zero-order valence-corrected chi connectivity index (χ0v) is 12.4. The minimum Gasteiger partial charge on any atom is -0.388 e. The SMILES string of the molecule is OC(Cc1ccc(Br)cn1)c1c(F)cccc1Br. The van der Waals surface area contributed by atoms with E-state index in [1.165, 1.54) is 6.07 Å². The van der Waals surface area contributed by atoms with Crippen LogP contribution in [0.1, 0.15) is 17.4 Å². The zero-order valence-electron chi connectivity index (χ0n) is 9.28. The molecule has 2 nitrogen and oxygen atoms in total. The van der Waals surface area contributed by atoms with Crippen LogP contribution in [0.5, 0.6) is 0 Å². The standard InChI is InChI=1S/C13H10Br2FNO/c14-8-4-5-9(17-7-8)6-12(18)13-10(15)2-1-3-11(13)16/h1-5,7,12,18H,6H2. The van der Waals surface area contributed by atoms with Crippen LogP contribution in [0.4, 0.5) is 4.39 Å². The summed E-state index contributed by atoms with van der Waals surface area (Å²) in [4.78, 5) is 4.16. The summed E-state index contributed by atoms with van der Waals surface area (Å²) < 4.78 is 15.1. The first-order valence-corrected chi connectivity index (χ1v) is 6.89. The second-order valence-corrected chi connectivity index (χ2v) is 5.59. The second kappa shape index (κ2) is 5.91. The number of aliphatic hydroxyl groups excluding tert-OH is 1. The monoisotopic (exact) mass is 373 g/mol. The lowest BCUT2D eigenvalue weighted by Crippen LogP contribution is -2.06. The van der Waals surface area contributed by atoms with E-state index in [2.05, 4.69) is 36.8 Å². The molecule has 1 N–H and O–H groups in total. The van der Waals surface area contributed by atoms with Gasteiger partial charge in [-0.25, -0.2) is 4.39 Å². The third kappa shape index (κ3) is 3.16. The van der Waals surface area contributed by atoms with Crippen LogP contribution in [0.15, 0.2) is 45.5 Å². The number of hydrogen-bond acceptors (Lipinski definition) is 2. The molecule has 0 fully saturated rings. The fraction of sp³-hybridized carbons (Fsp3) is 0.154. The Morgan fingerprint density at radius 1 is 1.22 bits per heavy atom. The minimum atomic E-state index is -0.922. The van der Waals surface area contributed by atoms with Crippen molar-refractivity contribution in [3.8, 4) is 0 Å². The quantitative estimate of drug-likeness (QED) is 0.880. The Kier molecular flexibility index (Phi) is 4.48. The van der Waals surface area contributed by atoms with Gasteiger partial charge in [-0.1, -0.05) is 22.0 Å². The molecule has 94 valence electrons. The van der Waals surface area contributed by atoms with Gasteiger partial charge in [-0.15, -0.1) is 0 Å². The molecule has 1 aromatic heterocycles. The third-order valence-corrected chi connectivity index (χ3v) is 3.68. The predicted molar refractivity (Wildman–Crippen MR) is 74.7 cm³/mol. The van der Waals surface area contributed by atoms with Gasteiger partial charge < -0.3 is 5.11 Å². The molecule has 18 heavy (non-hydrogen) atoms. The predicted octanol–water partition coefficient (Wildman–Crippen LogP) is 4.02. The number of pyridine rings is 1. The first-order valence-electron chi connectivity index (χ1n) is 5.30. The van der Waals surface area contributed by atoms with Crippen molar-refractivity contribution in [3.63, 3.8) is 0 Å². The van der Waals surface area contributed by atoms with Crippen LogP contribution in [0.2, 0.25) is 0 Å². The minimum absolute atomic E-state index is 0.266. The number of benzene rings is 1. The van der Waals surface area contributed by atoms with Crippen molar-refractivity contribution in [1.29, 1.82) is 0 Å². The molecule has 0 aliphatic heterocycles. The van der Waals surface area contributed by atoms with Crippen LogP contribution < -0.4 is 0 Å². The van der Waals surface area contributed by atoms with Crippen molar-refractivity contribution in [2.24, 2.45) is 0 Å². The molecule has 0 saturated carbocycles. The Labute approximate surface area is 121 Å². The molecule has 1 unspecified atom stereocenters. The van der Waals surface area contributed by atoms with Crippen molar-refractivity contribution < 1.29 is 9.50 Å². The summed E-state index contributed by atoms with van der Waals surface area (Å²) in [6, 6.07) is 8.26. The van der Waals surface area contributed by atoms with Crippen LogP contribution in [0.3, 0.4) is 0 Å². The average molecular weight is 375 g/mol. The van der Waals surface area contributed by atoms with E-state index in [4.69, 9.17) is 0 Å². The molecule has 0 radical (unpaired) electrons. The molecule has 5 heteroatoms. The van der Waals surface area contributed by atoms with Gasteiger partial charge in [0, 0.05) is 32.8 Å². The van der Waals surface area contributed by atoms with Gasteiger partial charge in [0.15, 0.2) is 0 Å². The van der Waals surface area contributed by atoms with E-state index in [1.54, 1.807) is 24.4 Å². The summed E-state index contributed by atoms with van der Waals surface area (Å²) in [6.45, 7) is 0. The number of aliphatic hydroxyl groups is 1. The number of aromatic nitrogens is 1. The molecule has 2 rings (SSSR count). The topological polar surface area (TPSA) is 33.1 Å². The highest BCUT2D eigenvalue weighted by molar-refractivity contribution is 9.10. The molecule has 2 aromatic rings. The van der Waals surface area contributed by atoms with Gasteiger partial charge >= 0.3 is 0 Å². The molecule has 0 spiro atoms.